The van der Waals surface area contributed by atoms with Gasteiger partial charge in [-0.05, 0) is 36.8 Å². The number of aromatic nitrogens is 2. The molecule has 1 N–H and O–H groups in total. The molecule has 0 aliphatic heterocycles. The van der Waals surface area contributed by atoms with Gasteiger partial charge in [0.2, 0.25) is 17.6 Å². The van der Waals surface area contributed by atoms with E-state index in [4.69, 9.17) is 14.0 Å². The van der Waals surface area contributed by atoms with Gasteiger partial charge in [-0.25, -0.2) is 0 Å². The monoisotopic (exact) mass is 424 g/mol. The number of hydrogen-bond donors (Lipinski definition) is 1. The molecular formula is C23H28N4O4. The van der Waals surface area contributed by atoms with E-state index >= 15 is 0 Å². The van der Waals surface area contributed by atoms with Gasteiger partial charge < -0.3 is 24.2 Å². The number of para-hydroxylation sites is 1. The van der Waals surface area contributed by atoms with Crippen LogP contribution >= 0.6 is 0 Å². The second kappa shape index (κ2) is 11.0. The van der Waals surface area contributed by atoms with Crippen molar-refractivity contribution in [1.29, 1.82) is 0 Å². The Balaban J connectivity index is 1.41. The van der Waals surface area contributed by atoms with Crippen LogP contribution in [-0.4, -0.2) is 50.4 Å². The zero-order chi connectivity index (χ0) is 22.1. The normalized spacial score (nSPS) is 10.5. The average Bonchev–Trinajstić information content (AvgIpc) is 3.29. The number of aryl methyl sites for hydroxylation is 1. The summed E-state index contributed by atoms with van der Waals surface area (Å²) in [5.41, 5.74) is 1.91. The second-order valence-electron chi connectivity index (χ2n) is 7.04. The predicted molar refractivity (Wildman–Crippen MR) is 118 cm³/mol. The Hall–Kier alpha value is -3.55. The summed E-state index contributed by atoms with van der Waals surface area (Å²) in [7, 11) is 5.20. The molecule has 1 amide bonds. The molecule has 2 aromatic carbocycles. The summed E-state index contributed by atoms with van der Waals surface area (Å²) in [4.78, 5) is 18.7. The van der Waals surface area contributed by atoms with E-state index in [1.807, 2.05) is 31.3 Å². The number of benzene rings is 2. The van der Waals surface area contributed by atoms with Gasteiger partial charge in [0.1, 0.15) is 0 Å². The summed E-state index contributed by atoms with van der Waals surface area (Å²) in [6.45, 7) is 1.49. The van der Waals surface area contributed by atoms with Gasteiger partial charge >= 0.3 is 0 Å². The van der Waals surface area contributed by atoms with Crippen LogP contribution in [0.5, 0.6) is 11.5 Å². The highest BCUT2D eigenvalue weighted by atomic mass is 16.5. The highest BCUT2D eigenvalue weighted by Crippen LogP contribution is 2.31. The van der Waals surface area contributed by atoms with Crippen LogP contribution in [0.2, 0.25) is 0 Å². The standard InChI is InChI=1S/C23H28N4O4/c1-27(18-8-5-4-6-9-18)15-7-14-24-21(28)12-13-22-25-23(26-31-22)17-10-11-19(29-2)20(16-17)30-3/h4-6,8-11,16H,7,12-15H2,1-3H3,(H,24,28). The van der Waals surface area contributed by atoms with Crippen LogP contribution < -0.4 is 19.7 Å². The average molecular weight is 425 g/mol. The Bertz CT molecular complexity index is 975. The fraction of sp³-hybridized carbons (Fsp3) is 0.348. The molecule has 0 aliphatic rings. The molecule has 0 spiro atoms. The van der Waals surface area contributed by atoms with Crippen molar-refractivity contribution >= 4 is 11.6 Å². The van der Waals surface area contributed by atoms with Crippen molar-refractivity contribution in [3.05, 3.63) is 54.4 Å². The topological polar surface area (TPSA) is 89.7 Å². The minimum atomic E-state index is -0.0340. The van der Waals surface area contributed by atoms with Crippen molar-refractivity contribution in [3.63, 3.8) is 0 Å². The minimum absolute atomic E-state index is 0.0340. The van der Waals surface area contributed by atoms with Gasteiger partial charge in [-0.1, -0.05) is 23.4 Å². The van der Waals surface area contributed by atoms with Crippen LogP contribution in [0, 0.1) is 0 Å². The third-order valence-electron chi connectivity index (χ3n) is 4.87. The molecule has 3 aromatic rings. The number of rotatable bonds is 11. The number of ether oxygens (including phenoxy) is 2. The number of nitrogens with zero attached hydrogens (tertiary/aromatic N) is 3. The zero-order valence-corrected chi connectivity index (χ0v) is 18.1. The van der Waals surface area contributed by atoms with Crippen LogP contribution in [0.25, 0.3) is 11.4 Å². The Morgan fingerprint density at radius 3 is 2.61 bits per heavy atom. The third kappa shape index (κ3) is 6.21. The van der Waals surface area contributed by atoms with E-state index in [0.717, 1.165) is 24.2 Å². The van der Waals surface area contributed by atoms with Crippen LogP contribution in [0.1, 0.15) is 18.7 Å². The quantitative estimate of drug-likeness (QED) is 0.472. The van der Waals surface area contributed by atoms with Gasteiger partial charge in [-0.15, -0.1) is 0 Å². The first-order valence-corrected chi connectivity index (χ1v) is 10.2. The first-order valence-electron chi connectivity index (χ1n) is 10.2. The molecule has 3 rings (SSSR count). The lowest BCUT2D eigenvalue weighted by molar-refractivity contribution is -0.121. The maximum atomic E-state index is 12.1. The molecule has 0 saturated heterocycles. The summed E-state index contributed by atoms with van der Waals surface area (Å²) >= 11 is 0. The fourth-order valence-corrected chi connectivity index (χ4v) is 3.11. The molecular weight excluding hydrogens is 396 g/mol. The van der Waals surface area contributed by atoms with E-state index in [2.05, 4.69) is 32.5 Å². The van der Waals surface area contributed by atoms with Crippen molar-refractivity contribution in [3.8, 4) is 22.9 Å². The lowest BCUT2D eigenvalue weighted by atomic mass is 10.2. The lowest BCUT2D eigenvalue weighted by Gasteiger charge is -2.19. The van der Waals surface area contributed by atoms with E-state index < -0.39 is 0 Å². The van der Waals surface area contributed by atoms with Crippen LogP contribution in [-0.2, 0) is 11.2 Å². The van der Waals surface area contributed by atoms with Crippen LogP contribution in [0.15, 0.2) is 53.1 Å². The molecule has 31 heavy (non-hydrogen) atoms. The molecule has 0 aliphatic carbocycles. The lowest BCUT2D eigenvalue weighted by Crippen LogP contribution is -2.28. The molecule has 0 radical (unpaired) electrons. The number of anilines is 1. The number of nitrogens with one attached hydrogen (secondary N) is 1. The first kappa shape index (κ1) is 22.1. The molecule has 0 saturated carbocycles. The fourth-order valence-electron chi connectivity index (χ4n) is 3.11. The van der Waals surface area contributed by atoms with Gasteiger partial charge in [0.15, 0.2) is 11.5 Å². The third-order valence-corrected chi connectivity index (χ3v) is 4.87. The molecule has 0 fully saturated rings. The number of carbonyl (C=O) groups is 1. The Kier molecular flexibility index (Phi) is 7.86. The Morgan fingerprint density at radius 2 is 1.87 bits per heavy atom. The van der Waals surface area contributed by atoms with Crippen LogP contribution in [0.4, 0.5) is 5.69 Å². The highest BCUT2D eigenvalue weighted by molar-refractivity contribution is 5.76. The largest absolute Gasteiger partial charge is 0.493 e. The molecule has 164 valence electrons. The number of methoxy groups -OCH3 is 2. The highest BCUT2D eigenvalue weighted by Gasteiger charge is 2.13. The van der Waals surface area contributed by atoms with Gasteiger partial charge in [0.05, 0.1) is 14.2 Å². The van der Waals surface area contributed by atoms with E-state index in [1.165, 1.54) is 0 Å². The molecule has 1 heterocycles. The van der Waals surface area contributed by atoms with Crippen LogP contribution in [0.3, 0.4) is 0 Å². The molecule has 1 aromatic heterocycles. The van der Waals surface area contributed by atoms with E-state index in [9.17, 15) is 4.79 Å². The molecule has 0 atom stereocenters. The van der Waals surface area contributed by atoms with Gasteiger partial charge in [-0.2, -0.15) is 4.98 Å². The number of carbonyl (C=O) groups excluding carboxylic acids is 1. The summed E-state index contributed by atoms with van der Waals surface area (Å²) in [5.74, 6) is 2.04. The summed E-state index contributed by atoms with van der Waals surface area (Å²) < 4.78 is 15.8. The molecule has 0 unspecified atom stereocenters. The van der Waals surface area contributed by atoms with Crippen molar-refractivity contribution in [2.24, 2.45) is 0 Å². The van der Waals surface area contributed by atoms with Crippen molar-refractivity contribution in [2.45, 2.75) is 19.3 Å². The van der Waals surface area contributed by atoms with Gasteiger partial charge in [-0.3, -0.25) is 4.79 Å². The van der Waals surface area contributed by atoms with Gasteiger partial charge in [0.25, 0.3) is 0 Å². The summed E-state index contributed by atoms with van der Waals surface area (Å²) in [5, 5.41) is 6.94. The molecule has 8 heteroatoms. The first-order chi connectivity index (χ1) is 15.1. The van der Waals surface area contributed by atoms with Crippen molar-refractivity contribution < 1.29 is 18.8 Å². The Morgan fingerprint density at radius 1 is 1.10 bits per heavy atom. The maximum Gasteiger partial charge on any atom is 0.227 e. The SMILES string of the molecule is COc1ccc(-c2noc(CCC(=O)NCCCN(C)c3ccccc3)n2)cc1OC. The Labute approximate surface area is 182 Å². The maximum absolute atomic E-state index is 12.1. The van der Waals surface area contributed by atoms with E-state index in [0.29, 0.717) is 42.6 Å². The predicted octanol–water partition coefficient (Wildman–Crippen LogP) is 3.33. The van der Waals surface area contributed by atoms with Crippen molar-refractivity contribution in [1.82, 2.24) is 15.5 Å². The van der Waals surface area contributed by atoms with Gasteiger partial charge in [0, 0.05) is 44.2 Å². The molecule has 8 nitrogen and oxygen atoms in total. The molecule has 0 bridgehead atoms. The second-order valence-corrected chi connectivity index (χ2v) is 7.04. The van der Waals surface area contributed by atoms with E-state index in [-0.39, 0.29) is 5.91 Å². The van der Waals surface area contributed by atoms with E-state index in [1.54, 1.807) is 26.4 Å². The summed E-state index contributed by atoms with van der Waals surface area (Å²) in [6, 6.07) is 15.6. The number of amides is 1. The smallest absolute Gasteiger partial charge is 0.227 e. The zero-order valence-electron chi connectivity index (χ0n) is 18.1. The summed E-state index contributed by atoms with van der Waals surface area (Å²) in [6.07, 6.45) is 1.54. The number of hydrogen-bond acceptors (Lipinski definition) is 7. The van der Waals surface area contributed by atoms with Crippen molar-refractivity contribution in [2.75, 3.05) is 39.3 Å². The minimum Gasteiger partial charge on any atom is -0.493 e.